The van der Waals surface area contributed by atoms with E-state index in [1.54, 1.807) is 0 Å². The molecule has 5 nitrogen and oxygen atoms in total. The Hall–Kier alpha value is -1.26. The van der Waals surface area contributed by atoms with Gasteiger partial charge in [0, 0.05) is 6.92 Å². The molecule has 0 heterocycles. The van der Waals surface area contributed by atoms with E-state index in [0.717, 1.165) is 19.8 Å². The molecule has 0 aliphatic heterocycles. The molecule has 5 heteroatoms. The Morgan fingerprint density at radius 2 is 1.36 bits per heavy atom. The van der Waals surface area contributed by atoms with Gasteiger partial charge in [-0.1, -0.05) is 13.8 Å². The van der Waals surface area contributed by atoms with Crippen molar-refractivity contribution in [2.75, 3.05) is 13.2 Å². The van der Waals surface area contributed by atoms with Crippen LogP contribution in [0.5, 0.6) is 0 Å². The van der Waals surface area contributed by atoms with Crippen LogP contribution in [0.1, 0.15) is 33.6 Å². The highest BCUT2D eigenvalue weighted by atomic mass is 16.7. The number of carbonyl (C=O) groups excluding carboxylic acids is 1. The minimum absolute atomic E-state index is 0.447. The zero-order valence-corrected chi connectivity index (χ0v) is 8.91. The highest BCUT2D eigenvalue weighted by molar-refractivity contribution is 5.63. The van der Waals surface area contributed by atoms with Gasteiger partial charge in [0.1, 0.15) is 0 Å². The number of hydrogen-bond donors (Lipinski definition) is 1. The first-order valence-electron chi connectivity index (χ1n) is 4.53. The average Bonchev–Trinajstić information content (AvgIpc) is 2.10. The predicted molar refractivity (Wildman–Crippen MR) is 51.2 cm³/mol. The van der Waals surface area contributed by atoms with Gasteiger partial charge >= 0.3 is 6.16 Å². The van der Waals surface area contributed by atoms with E-state index >= 15 is 0 Å². The molecule has 0 aromatic heterocycles. The lowest BCUT2D eigenvalue weighted by molar-refractivity contribution is -0.134. The number of carboxylic acid groups (broad SMARTS) is 1. The van der Waals surface area contributed by atoms with Crippen molar-refractivity contribution in [2.45, 2.75) is 33.6 Å². The summed E-state index contributed by atoms with van der Waals surface area (Å²) in [4.78, 5) is 19.5. The van der Waals surface area contributed by atoms with E-state index in [1.807, 2.05) is 13.8 Å². The van der Waals surface area contributed by atoms with Crippen LogP contribution in [-0.4, -0.2) is 30.4 Å². The lowest BCUT2D eigenvalue weighted by Gasteiger charge is -2.02. The summed E-state index contributed by atoms with van der Waals surface area (Å²) in [6.07, 6.45) is 1.12. The van der Waals surface area contributed by atoms with Gasteiger partial charge in [-0.2, -0.15) is 0 Å². The summed E-state index contributed by atoms with van der Waals surface area (Å²) in [7, 11) is 0. The van der Waals surface area contributed by atoms with Gasteiger partial charge in [-0.3, -0.25) is 4.79 Å². The molecule has 0 aliphatic rings. The van der Waals surface area contributed by atoms with Crippen molar-refractivity contribution in [1.82, 2.24) is 0 Å². The summed E-state index contributed by atoms with van der Waals surface area (Å²) in [5.74, 6) is -0.833. The second-order valence-electron chi connectivity index (χ2n) is 2.47. The number of aliphatic carboxylic acids is 1. The van der Waals surface area contributed by atoms with Gasteiger partial charge in [0.2, 0.25) is 0 Å². The molecular weight excluding hydrogens is 188 g/mol. The van der Waals surface area contributed by atoms with Crippen molar-refractivity contribution in [3.8, 4) is 0 Å². The number of ether oxygens (including phenoxy) is 2. The number of carboxylic acids is 1. The van der Waals surface area contributed by atoms with Crippen LogP contribution < -0.4 is 0 Å². The molecule has 0 bridgehead atoms. The van der Waals surface area contributed by atoms with Gasteiger partial charge < -0.3 is 14.6 Å². The summed E-state index contributed by atoms with van der Waals surface area (Å²) in [6.45, 7) is 5.85. The number of hydrogen-bond acceptors (Lipinski definition) is 4. The van der Waals surface area contributed by atoms with Crippen molar-refractivity contribution < 1.29 is 24.2 Å². The van der Waals surface area contributed by atoms with Crippen LogP contribution in [0.2, 0.25) is 0 Å². The molecule has 0 unspecified atom stereocenters. The normalized spacial score (nSPS) is 8.21. The van der Waals surface area contributed by atoms with Gasteiger partial charge in [0.25, 0.3) is 5.97 Å². The third kappa shape index (κ3) is 22.4. The quantitative estimate of drug-likeness (QED) is 0.712. The van der Waals surface area contributed by atoms with Crippen molar-refractivity contribution in [3.63, 3.8) is 0 Å². The van der Waals surface area contributed by atoms with E-state index in [1.165, 1.54) is 0 Å². The molecule has 1 N–H and O–H groups in total. The van der Waals surface area contributed by atoms with Gasteiger partial charge in [-0.15, -0.1) is 0 Å². The first-order chi connectivity index (χ1) is 6.54. The van der Waals surface area contributed by atoms with Gasteiger partial charge in [0.15, 0.2) is 0 Å². The highest BCUT2D eigenvalue weighted by Gasteiger charge is 1.99. The SMILES string of the molecule is CC(=O)O.CCCOC(=O)OCCC. The first kappa shape index (κ1) is 15.2. The fourth-order valence-corrected chi connectivity index (χ4v) is 0.412. The molecule has 0 saturated carbocycles. The van der Waals surface area contributed by atoms with E-state index < -0.39 is 12.1 Å². The molecule has 0 rings (SSSR count). The van der Waals surface area contributed by atoms with Crippen molar-refractivity contribution in [1.29, 1.82) is 0 Å². The molecule has 0 spiro atoms. The van der Waals surface area contributed by atoms with Crippen LogP contribution in [0, 0.1) is 0 Å². The summed E-state index contributed by atoms with van der Waals surface area (Å²) in [6, 6.07) is 0. The van der Waals surface area contributed by atoms with Crippen LogP contribution in [0.4, 0.5) is 4.79 Å². The minimum Gasteiger partial charge on any atom is -0.481 e. The molecule has 0 aromatic rings. The van der Waals surface area contributed by atoms with Crippen LogP contribution in [-0.2, 0) is 14.3 Å². The second-order valence-corrected chi connectivity index (χ2v) is 2.47. The summed E-state index contributed by atoms with van der Waals surface area (Å²) in [5.41, 5.74) is 0. The lowest BCUT2D eigenvalue weighted by atomic mass is 10.5. The predicted octanol–water partition coefficient (Wildman–Crippen LogP) is 2.05. The lowest BCUT2D eigenvalue weighted by Crippen LogP contribution is -2.08. The summed E-state index contributed by atoms with van der Waals surface area (Å²) in [5, 5.41) is 7.42. The van der Waals surface area contributed by atoms with E-state index in [9.17, 15) is 4.79 Å². The number of carbonyl (C=O) groups is 2. The van der Waals surface area contributed by atoms with E-state index in [4.69, 9.17) is 9.90 Å². The second kappa shape index (κ2) is 11.7. The zero-order chi connectivity index (χ0) is 11.4. The number of rotatable bonds is 4. The molecule has 84 valence electrons. The topological polar surface area (TPSA) is 72.8 Å². The largest absolute Gasteiger partial charge is 0.508 e. The van der Waals surface area contributed by atoms with Crippen molar-refractivity contribution in [2.24, 2.45) is 0 Å². The third-order valence-corrected chi connectivity index (χ3v) is 0.848. The van der Waals surface area contributed by atoms with Gasteiger partial charge in [-0.25, -0.2) is 4.79 Å². The Labute approximate surface area is 84.0 Å². The van der Waals surface area contributed by atoms with Gasteiger partial charge in [0.05, 0.1) is 13.2 Å². The third-order valence-electron chi connectivity index (χ3n) is 0.848. The van der Waals surface area contributed by atoms with Crippen molar-refractivity contribution in [3.05, 3.63) is 0 Å². The first-order valence-corrected chi connectivity index (χ1v) is 4.53. The van der Waals surface area contributed by atoms with Gasteiger partial charge in [-0.05, 0) is 12.8 Å². The fourth-order valence-electron chi connectivity index (χ4n) is 0.412. The molecule has 0 saturated heterocycles. The van der Waals surface area contributed by atoms with Crippen LogP contribution >= 0.6 is 0 Å². The Bertz CT molecular complexity index is 141. The van der Waals surface area contributed by atoms with Crippen LogP contribution in [0.3, 0.4) is 0 Å². The Morgan fingerprint density at radius 1 is 1.07 bits per heavy atom. The van der Waals surface area contributed by atoms with Crippen molar-refractivity contribution >= 4 is 12.1 Å². The molecule has 14 heavy (non-hydrogen) atoms. The maximum absolute atomic E-state index is 10.5. The van der Waals surface area contributed by atoms with Crippen LogP contribution in [0.15, 0.2) is 0 Å². The fraction of sp³-hybridized carbons (Fsp3) is 0.778. The Morgan fingerprint density at radius 3 is 1.57 bits per heavy atom. The summed E-state index contributed by atoms with van der Waals surface area (Å²) < 4.78 is 9.26. The molecule has 0 fully saturated rings. The molecule has 0 aromatic carbocycles. The molecule has 0 amide bonds. The molecular formula is C9H18O5. The van der Waals surface area contributed by atoms with E-state index in [2.05, 4.69) is 9.47 Å². The molecule has 0 atom stereocenters. The monoisotopic (exact) mass is 206 g/mol. The zero-order valence-electron chi connectivity index (χ0n) is 8.91. The van der Waals surface area contributed by atoms with E-state index in [0.29, 0.717) is 13.2 Å². The smallest absolute Gasteiger partial charge is 0.481 e. The minimum atomic E-state index is -0.833. The summed E-state index contributed by atoms with van der Waals surface area (Å²) >= 11 is 0. The van der Waals surface area contributed by atoms with E-state index in [-0.39, 0.29) is 0 Å². The maximum atomic E-state index is 10.5. The Balaban J connectivity index is 0. The van der Waals surface area contributed by atoms with Crippen LogP contribution in [0.25, 0.3) is 0 Å². The maximum Gasteiger partial charge on any atom is 0.508 e. The molecule has 0 aliphatic carbocycles. The molecule has 0 radical (unpaired) electrons. The average molecular weight is 206 g/mol. The standard InChI is InChI=1S/C7H14O3.C2H4O2/c1-3-5-9-7(8)10-6-4-2;1-2(3)4/h3-6H2,1-2H3;1H3,(H,3,4). The Kier molecular flexibility index (Phi) is 12.8. The highest BCUT2D eigenvalue weighted by Crippen LogP contribution is 1.88.